The average molecular weight is 305 g/mol. The lowest BCUT2D eigenvalue weighted by Crippen LogP contribution is -2.45. The second kappa shape index (κ2) is 7.28. The van der Waals surface area contributed by atoms with Crippen LogP contribution in [0.3, 0.4) is 0 Å². The Morgan fingerprint density at radius 1 is 1.19 bits per heavy atom. The number of hydrogen-bond donors (Lipinski definition) is 0. The zero-order valence-corrected chi connectivity index (χ0v) is 14.8. The van der Waals surface area contributed by atoms with Gasteiger partial charge in [-0.15, -0.1) is 0 Å². The standard InChI is InChI=1S/C18H28O2Si/c1-5-8-9-10-13-19-16-11-12-18-17(14-16)15(4)20-21(18,6-2)7-3/h8-9,11-12,14-15H,5-7,10,13H2,1-4H3/b9-8+. The van der Waals surface area contributed by atoms with Crippen LogP contribution in [0.25, 0.3) is 0 Å². The maximum atomic E-state index is 6.40. The van der Waals surface area contributed by atoms with Crippen molar-refractivity contribution in [3.8, 4) is 5.75 Å². The Bertz CT molecular complexity index is 492. The maximum absolute atomic E-state index is 6.40. The second-order valence-corrected chi connectivity index (χ2v) is 9.90. The minimum absolute atomic E-state index is 0.218. The van der Waals surface area contributed by atoms with Gasteiger partial charge in [0, 0.05) is 0 Å². The van der Waals surface area contributed by atoms with Crippen molar-refractivity contribution < 1.29 is 9.16 Å². The van der Waals surface area contributed by atoms with Crippen molar-refractivity contribution in [2.75, 3.05) is 6.61 Å². The predicted octanol–water partition coefficient (Wildman–Crippen LogP) is 4.71. The van der Waals surface area contributed by atoms with Gasteiger partial charge in [-0.2, -0.15) is 0 Å². The predicted molar refractivity (Wildman–Crippen MR) is 91.8 cm³/mol. The first kappa shape index (κ1) is 16.3. The van der Waals surface area contributed by atoms with Gasteiger partial charge in [0.15, 0.2) is 0 Å². The highest BCUT2D eigenvalue weighted by Gasteiger charge is 2.43. The van der Waals surface area contributed by atoms with Gasteiger partial charge < -0.3 is 9.16 Å². The van der Waals surface area contributed by atoms with E-state index in [1.54, 1.807) is 0 Å². The van der Waals surface area contributed by atoms with Gasteiger partial charge in [-0.1, -0.05) is 39.0 Å². The largest absolute Gasteiger partial charge is 0.493 e. The monoisotopic (exact) mass is 304 g/mol. The summed E-state index contributed by atoms with van der Waals surface area (Å²) in [6.07, 6.45) is 6.65. The highest BCUT2D eigenvalue weighted by atomic mass is 28.4. The van der Waals surface area contributed by atoms with Gasteiger partial charge in [0.1, 0.15) is 5.75 Å². The molecule has 0 fully saturated rings. The highest BCUT2D eigenvalue weighted by Crippen LogP contribution is 2.35. The Labute approximate surface area is 130 Å². The molecular weight excluding hydrogens is 276 g/mol. The molecule has 1 aromatic rings. The Balaban J connectivity index is 2.09. The molecule has 0 saturated heterocycles. The number of hydrogen-bond acceptors (Lipinski definition) is 2. The Hall–Kier alpha value is -1.06. The number of benzene rings is 1. The molecule has 2 rings (SSSR count). The Kier molecular flexibility index (Phi) is 5.65. The smallest absolute Gasteiger partial charge is 0.224 e. The molecule has 1 aliphatic rings. The first-order valence-corrected chi connectivity index (χ1v) is 10.6. The van der Waals surface area contributed by atoms with Crippen molar-refractivity contribution in [2.24, 2.45) is 0 Å². The van der Waals surface area contributed by atoms with E-state index in [-0.39, 0.29) is 6.10 Å². The molecule has 116 valence electrons. The molecule has 1 heterocycles. The van der Waals surface area contributed by atoms with Crippen molar-refractivity contribution >= 4 is 13.5 Å². The molecule has 1 atom stereocenters. The highest BCUT2D eigenvalue weighted by molar-refractivity contribution is 6.87. The third kappa shape index (κ3) is 3.41. The van der Waals surface area contributed by atoms with Gasteiger partial charge in [-0.25, -0.2) is 0 Å². The molecule has 0 spiro atoms. The normalized spacial score (nSPS) is 19.9. The molecule has 21 heavy (non-hydrogen) atoms. The van der Waals surface area contributed by atoms with Crippen LogP contribution in [0.15, 0.2) is 30.4 Å². The van der Waals surface area contributed by atoms with Crippen LogP contribution in [-0.4, -0.2) is 14.9 Å². The van der Waals surface area contributed by atoms with E-state index in [1.807, 2.05) is 0 Å². The quantitative estimate of drug-likeness (QED) is 0.413. The fourth-order valence-corrected chi connectivity index (χ4v) is 6.89. The maximum Gasteiger partial charge on any atom is 0.224 e. The SMILES string of the molecule is CC/C=C/CCOc1ccc2c(c1)C(C)O[Si]2(CC)CC. The van der Waals surface area contributed by atoms with Crippen molar-refractivity contribution in [3.63, 3.8) is 0 Å². The fourth-order valence-electron chi connectivity index (χ4n) is 3.17. The van der Waals surface area contributed by atoms with Crippen LogP contribution in [0, 0.1) is 0 Å². The lowest BCUT2D eigenvalue weighted by Gasteiger charge is -2.24. The van der Waals surface area contributed by atoms with E-state index < -0.39 is 8.32 Å². The molecule has 1 aliphatic heterocycles. The zero-order valence-electron chi connectivity index (χ0n) is 13.8. The van der Waals surface area contributed by atoms with E-state index in [1.165, 1.54) is 10.8 Å². The Morgan fingerprint density at radius 2 is 1.95 bits per heavy atom. The zero-order chi connectivity index (χ0) is 15.3. The number of allylic oxidation sites excluding steroid dienone is 1. The minimum Gasteiger partial charge on any atom is -0.493 e. The van der Waals surface area contributed by atoms with E-state index in [9.17, 15) is 0 Å². The molecule has 1 unspecified atom stereocenters. The van der Waals surface area contributed by atoms with E-state index >= 15 is 0 Å². The molecular formula is C18H28O2Si. The van der Waals surface area contributed by atoms with Gasteiger partial charge >= 0.3 is 0 Å². The van der Waals surface area contributed by atoms with Crippen LogP contribution >= 0.6 is 0 Å². The summed E-state index contributed by atoms with van der Waals surface area (Å²) in [5.41, 5.74) is 1.35. The molecule has 0 N–H and O–H groups in total. The molecule has 0 aliphatic carbocycles. The summed E-state index contributed by atoms with van der Waals surface area (Å²) in [4.78, 5) is 0. The van der Waals surface area contributed by atoms with Crippen LogP contribution < -0.4 is 9.92 Å². The Morgan fingerprint density at radius 3 is 2.62 bits per heavy atom. The summed E-state index contributed by atoms with van der Waals surface area (Å²) in [7, 11) is -1.70. The van der Waals surface area contributed by atoms with E-state index in [0.29, 0.717) is 0 Å². The first-order valence-electron chi connectivity index (χ1n) is 8.26. The van der Waals surface area contributed by atoms with Gasteiger partial charge in [0.05, 0.1) is 12.7 Å². The lowest BCUT2D eigenvalue weighted by atomic mass is 10.1. The third-order valence-corrected chi connectivity index (χ3v) is 8.98. The molecule has 2 nitrogen and oxygen atoms in total. The molecule has 3 heteroatoms. The third-order valence-electron chi connectivity index (χ3n) is 4.45. The molecule has 1 aromatic carbocycles. The molecule has 0 bridgehead atoms. The number of fused-ring (bicyclic) bond motifs is 1. The number of rotatable bonds is 7. The van der Waals surface area contributed by atoms with Crippen molar-refractivity contribution in [1.29, 1.82) is 0 Å². The van der Waals surface area contributed by atoms with Crippen molar-refractivity contribution in [1.82, 2.24) is 0 Å². The molecule has 0 radical (unpaired) electrons. The summed E-state index contributed by atoms with van der Waals surface area (Å²) in [6.45, 7) is 9.60. The van der Waals surface area contributed by atoms with E-state index in [2.05, 4.69) is 58.0 Å². The van der Waals surface area contributed by atoms with Crippen LogP contribution in [-0.2, 0) is 4.43 Å². The van der Waals surface area contributed by atoms with E-state index in [0.717, 1.165) is 37.3 Å². The average Bonchev–Trinajstić information content (AvgIpc) is 2.80. The topological polar surface area (TPSA) is 18.5 Å². The molecule has 0 saturated carbocycles. The first-order chi connectivity index (χ1) is 10.2. The van der Waals surface area contributed by atoms with Crippen LogP contribution in [0.4, 0.5) is 0 Å². The fraction of sp³-hybridized carbons (Fsp3) is 0.556. The lowest BCUT2D eigenvalue weighted by molar-refractivity contribution is 0.232. The van der Waals surface area contributed by atoms with Gasteiger partial charge in [-0.3, -0.25) is 0 Å². The summed E-state index contributed by atoms with van der Waals surface area (Å²) < 4.78 is 12.3. The molecule has 0 amide bonds. The van der Waals surface area contributed by atoms with Crippen molar-refractivity contribution in [2.45, 2.75) is 58.7 Å². The van der Waals surface area contributed by atoms with Gasteiger partial charge in [-0.05, 0) is 54.7 Å². The van der Waals surface area contributed by atoms with Crippen LogP contribution in [0.2, 0.25) is 12.1 Å². The summed E-state index contributed by atoms with van der Waals surface area (Å²) in [5, 5.41) is 1.48. The summed E-state index contributed by atoms with van der Waals surface area (Å²) >= 11 is 0. The van der Waals surface area contributed by atoms with Gasteiger partial charge in [0.2, 0.25) is 8.32 Å². The van der Waals surface area contributed by atoms with Gasteiger partial charge in [0.25, 0.3) is 0 Å². The van der Waals surface area contributed by atoms with Crippen molar-refractivity contribution in [3.05, 3.63) is 35.9 Å². The van der Waals surface area contributed by atoms with Crippen LogP contribution in [0.5, 0.6) is 5.75 Å². The summed E-state index contributed by atoms with van der Waals surface area (Å²) in [6, 6.07) is 8.89. The summed E-state index contributed by atoms with van der Waals surface area (Å²) in [5.74, 6) is 0.978. The minimum atomic E-state index is -1.70. The number of ether oxygens (including phenoxy) is 1. The second-order valence-electron chi connectivity index (χ2n) is 5.73. The van der Waals surface area contributed by atoms with Crippen LogP contribution in [0.1, 0.15) is 52.2 Å². The molecule has 0 aromatic heterocycles. The van der Waals surface area contributed by atoms with E-state index in [4.69, 9.17) is 9.16 Å².